The highest BCUT2D eigenvalue weighted by molar-refractivity contribution is 7.91. The lowest BCUT2D eigenvalue weighted by molar-refractivity contribution is -0.142. The van der Waals surface area contributed by atoms with Gasteiger partial charge in [-0.1, -0.05) is 57.9 Å². The molecule has 1 aromatic carbocycles. The van der Waals surface area contributed by atoms with Gasteiger partial charge in [0.2, 0.25) is 27.7 Å². The summed E-state index contributed by atoms with van der Waals surface area (Å²) < 4.78 is 32.9. The van der Waals surface area contributed by atoms with Gasteiger partial charge in [-0.05, 0) is 60.8 Å². The number of fused-ring (bicyclic) bond motifs is 8. The van der Waals surface area contributed by atoms with Crippen molar-refractivity contribution in [2.24, 2.45) is 11.3 Å². The molecule has 3 heterocycles. The van der Waals surface area contributed by atoms with E-state index in [0.717, 1.165) is 36.8 Å². The summed E-state index contributed by atoms with van der Waals surface area (Å²) in [6.45, 7) is 9.38. The maximum absolute atomic E-state index is 14.4. The number of ether oxygens (including phenoxy) is 1. The lowest BCUT2D eigenvalue weighted by Gasteiger charge is -2.35. The number of nitrogens with one attached hydrogen (secondary N) is 3. The van der Waals surface area contributed by atoms with Gasteiger partial charge in [-0.25, -0.2) is 13.2 Å². The number of hydrogen-bond donors (Lipinski definition) is 3. The van der Waals surface area contributed by atoms with E-state index in [2.05, 4.69) is 37.3 Å². The number of nitrogens with zero attached hydrogens (tertiary/aromatic N) is 5. The molecule has 4 amide bonds. The second-order valence-corrected chi connectivity index (χ2v) is 16.9. The van der Waals surface area contributed by atoms with Gasteiger partial charge in [0.15, 0.2) is 0 Å². The van der Waals surface area contributed by atoms with Crippen molar-refractivity contribution in [3.63, 3.8) is 0 Å². The minimum absolute atomic E-state index is 0.0101. The molecule has 1 aromatic heterocycles. The first-order valence-corrected chi connectivity index (χ1v) is 18.9. The third-order valence-corrected chi connectivity index (χ3v) is 11.8. The molecular weight excluding hydrogens is 664 g/mol. The van der Waals surface area contributed by atoms with E-state index in [0.29, 0.717) is 25.1 Å². The molecule has 2 aliphatic carbocycles. The summed E-state index contributed by atoms with van der Waals surface area (Å²) in [5.74, 6) is -2.10. The standard InChI is InChI=1S/C34H46N8O7S/c1-5-23-19-34(23,31(45)39-50(47,48)25-14-15-25)36-29(43)26-18-24-20-41(26)30(44)27(33(2,3)4)35-32(46)49-16-9-7-6-8-11-21-12-10-13-22(17-21)28-37-40-42(24)38-28/h5,10,12-13,17,23-27H,1,6-9,11,14-16,18-20H2,2-4H3,(H,35,46)(H,36,43)(H,39,45)/t23-,24+,26-,27-,34-/m0/s1. The van der Waals surface area contributed by atoms with Crippen LogP contribution in [0.5, 0.6) is 0 Å². The van der Waals surface area contributed by atoms with Crippen molar-refractivity contribution >= 4 is 33.8 Å². The van der Waals surface area contributed by atoms with Crippen LogP contribution in [-0.2, 0) is 35.6 Å². The molecule has 0 unspecified atom stereocenters. The minimum atomic E-state index is -3.88. The number of hydrogen-bond acceptors (Lipinski definition) is 10. The van der Waals surface area contributed by atoms with Crippen LogP contribution in [0, 0.1) is 11.3 Å². The van der Waals surface area contributed by atoms with Crippen LogP contribution in [0.25, 0.3) is 11.4 Å². The van der Waals surface area contributed by atoms with Gasteiger partial charge in [-0.15, -0.1) is 16.8 Å². The van der Waals surface area contributed by atoms with Crippen molar-refractivity contribution in [2.75, 3.05) is 13.2 Å². The van der Waals surface area contributed by atoms with Crippen LogP contribution in [0.15, 0.2) is 36.9 Å². The number of carbonyl (C=O) groups is 4. The van der Waals surface area contributed by atoms with Crippen LogP contribution in [0.1, 0.15) is 83.7 Å². The molecule has 2 saturated carbocycles. The van der Waals surface area contributed by atoms with Gasteiger partial charge in [-0.3, -0.25) is 19.1 Å². The highest BCUT2D eigenvalue weighted by atomic mass is 32.2. The molecule has 50 heavy (non-hydrogen) atoms. The lowest BCUT2D eigenvalue weighted by atomic mass is 9.85. The van der Waals surface area contributed by atoms with E-state index in [1.165, 1.54) is 15.8 Å². The Balaban J connectivity index is 1.31. The number of aryl methyl sites for hydroxylation is 1. The Kier molecular flexibility index (Phi) is 9.76. The van der Waals surface area contributed by atoms with Crippen LogP contribution >= 0.6 is 0 Å². The van der Waals surface area contributed by atoms with Gasteiger partial charge in [0.05, 0.1) is 17.9 Å². The predicted molar refractivity (Wildman–Crippen MR) is 182 cm³/mol. The first-order chi connectivity index (χ1) is 23.7. The van der Waals surface area contributed by atoms with Gasteiger partial charge >= 0.3 is 6.09 Å². The van der Waals surface area contributed by atoms with Gasteiger partial charge in [-0.2, -0.15) is 4.80 Å². The maximum Gasteiger partial charge on any atom is 0.407 e. The van der Waals surface area contributed by atoms with Crippen molar-refractivity contribution in [3.05, 3.63) is 42.5 Å². The molecule has 0 radical (unpaired) electrons. The second kappa shape index (κ2) is 13.8. The monoisotopic (exact) mass is 710 g/mol. The molecule has 0 spiro atoms. The molecule has 16 heteroatoms. The average molecular weight is 711 g/mol. The summed E-state index contributed by atoms with van der Waals surface area (Å²) in [5.41, 5.74) is -0.386. The molecule has 2 aromatic rings. The SMILES string of the molecule is C=C[C@H]1C[C@@]1(NC(=O)[C@@H]1C[C@@H]2CN1C(=O)[C@@H](C(C)(C)C)NC(=O)OCCCCCCc1cccc(c1)-c1nnn2n1)C(=O)NS(=O)(=O)C1CC1. The van der Waals surface area contributed by atoms with Gasteiger partial charge in [0, 0.05) is 24.4 Å². The highest BCUT2D eigenvalue weighted by Crippen LogP contribution is 2.45. The zero-order valence-corrected chi connectivity index (χ0v) is 29.6. The number of rotatable bonds is 6. The van der Waals surface area contributed by atoms with E-state index in [1.807, 2.05) is 24.3 Å². The summed E-state index contributed by atoms with van der Waals surface area (Å²) in [7, 11) is -3.88. The lowest BCUT2D eigenvalue weighted by Crippen LogP contribution is -2.60. The smallest absolute Gasteiger partial charge is 0.407 e. The van der Waals surface area contributed by atoms with Crippen molar-refractivity contribution in [1.82, 2.24) is 40.5 Å². The first-order valence-electron chi connectivity index (χ1n) is 17.3. The number of amides is 4. The van der Waals surface area contributed by atoms with E-state index in [4.69, 9.17) is 4.74 Å². The third-order valence-electron chi connectivity index (χ3n) is 10.0. The van der Waals surface area contributed by atoms with Crippen LogP contribution in [0.3, 0.4) is 0 Å². The Hall–Kier alpha value is -4.34. The van der Waals surface area contributed by atoms with Crippen molar-refractivity contribution in [1.29, 1.82) is 0 Å². The maximum atomic E-state index is 14.4. The van der Waals surface area contributed by atoms with Crippen LogP contribution in [-0.4, -0.2) is 93.4 Å². The largest absolute Gasteiger partial charge is 0.450 e. The van der Waals surface area contributed by atoms with Gasteiger partial charge in [0.25, 0.3) is 5.91 Å². The zero-order chi connectivity index (χ0) is 35.8. The number of benzene rings is 1. The van der Waals surface area contributed by atoms with Crippen LogP contribution in [0.4, 0.5) is 4.79 Å². The summed E-state index contributed by atoms with van der Waals surface area (Å²) >= 11 is 0. The number of sulfonamides is 1. The molecule has 6 rings (SSSR count). The highest BCUT2D eigenvalue weighted by Gasteiger charge is 2.62. The fourth-order valence-corrected chi connectivity index (χ4v) is 8.14. The number of alkyl carbamates (subject to hydrolysis) is 1. The minimum Gasteiger partial charge on any atom is -0.450 e. The Morgan fingerprint density at radius 3 is 2.60 bits per heavy atom. The molecule has 2 aliphatic heterocycles. The molecule has 3 fully saturated rings. The van der Waals surface area contributed by atoms with E-state index in [-0.39, 0.29) is 26.0 Å². The van der Waals surface area contributed by atoms with Gasteiger partial charge in [0.1, 0.15) is 17.6 Å². The topological polar surface area (TPSA) is 195 Å². The summed E-state index contributed by atoms with van der Waals surface area (Å²) in [5, 5.41) is 18.1. The Labute approximate surface area is 292 Å². The molecule has 270 valence electrons. The number of carbonyl (C=O) groups excluding carboxylic acids is 4. The quantitative estimate of drug-likeness (QED) is 0.375. The number of tetrazole rings is 1. The molecule has 1 saturated heterocycles. The molecular formula is C34H46N8O7S. The normalized spacial score (nSPS) is 27.8. The molecule has 5 atom stereocenters. The van der Waals surface area contributed by atoms with E-state index < -0.39 is 74.1 Å². The van der Waals surface area contributed by atoms with Crippen molar-refractivity contribution in [2.45, 2.75) is 107 Å². The average Bonchev–Trinajstić information content (AvgIpc) is 3.94. The van der Waals surface area contributed by atoms with Crippen molar-refractivity contribution < 1.29 is 32.3 Å². The van der Waals surface area contributed by atoms with Crippen LogP contribution < -0.4 is 15.4 Å². The summed E-state index contributed by atoms with van der Waals surface area (Å²) in [6.07, 6.45) is 6.27. The second-order valence-electron chi connectivity index (χ2n) is 15.0. The Morgan fingerprint density at radius 1 is 1.14 bits per heavy atom. The van der Waals surface area contributed by atoms with Crippen molar-refractivity contribution in [3.8, 4) is 11.4 Å². The fourth-order valence-electron chi connectivity index (χ4n) is 6.78. The Morgan fingerprint density at radius 2 is 1.90 bits per heavy atom. The van der Waals surface area contributed by atoms with E-state index in [9.17, 15) is 27.6 Å². The zero-order valence-electron chi connectivity index (χ0n) is 28.8. The fraction of sp³-hybridized carbons (Fsp3) is 0.618. The third kappa shape index (κ3) is 7.54. The summed E-state index contributed by atoms with van der Waals surface area (Å²) in [4.78, 5) is 57.8. The first kappa shape index (κ1) is 35.5. The summed E-state index contributed by atoms with van der Waals surface area (Å²) in [6, 6.07) is 5.17. The molecule has 15 nitrogen and oxygen atoms in total. The van der Waals surface area contributed by atoms with Gasteiger partial charge < -0.3 is 20.3 Å². The molecule has 3 N–H and O–H groups in total. The predicted octanol–water partition coefficient (Wildman–Crippen LogP) is 2.41. The van der Waals surface area contributed by atoms with Crippen LogP contribution in [0.2, 0.25) is 0 Å². The van der Waals surface area contributed by atoms with E-state index in [1.54, 1.807) is 20.8 Å². The molecule has 4 aliphatic rings. The van der Waals surface area contributed by atoms with E-state index >= 15 is 0 Å². The number of cyclic esters (lactones) is 1. The number of aromatic nitrogens is 4. The molecule has 6 bridgehead atoms. The Bertz CT molecular complexity index is 1770.